The molecule has 0 aromatic carbocycles. The van der Waals surface area contributed by atoms with E-state index in [4.69, 9.17) is 19.7 Å². The van der Waals surface area contributed by atoms with Crippen molar-refractivity contribution in [2.45, 2.75) is 58.5 Å². The number of aliphatic hydroxyl groups excluding tert-OH is 1. The lowest BCUT2D eigenvalue weighted by Crippen LogP contribution is -2.32. The summed E-state index contributed by atoms with van der Waals surface area (Å²) >= 11 is 0. The van der Waals surface area contributed by atoms with E-state index in [2.05, 4.69) is 4.74 Å². The average molecular weight is 334 g/mol. The second kappa shape index (κ2) is 9.90. The van der Waals surface area contributed by atoms with Crippen molar-refractivity contribution in [3.63, 3.8) is 0 Å². The molecule has 2 N–H and O–H groups in total. The highest BCUT2D eigenvalue weighted by molar-refractivity contribution is 5.86. The molecule has 0 rings (SSSR count). The molecule has 0 aliphatic carbocycles. The highest BCUT2D eigenvalue weighted by Gasteiger charge is 2.23. The van der Waals surface area contributed by atoms with Gasteiger partial charge in [0.1, 0.15) is 6.10 Å². The molecular formula is C14H22O9. The van der Waals surface area contributed by atoms with E-state index in [0.717, 1.165) is 0 Å². The van der Waals surface area contributed by atoms with Crippen molar-refractivity contribution in [2.24, 2.45) is 0 Å². The minimum atomic E-state index is -1.33. The molecule has 0 aliphatic rings. The fourth-order valence-corrected chi connectivity index (χ4v) is 1.27. The fourth-order valence-electron chi connectivity index (χ4n) is 1.27. The molecule has 0 heterocycles. The van der Waals surface area contributed by atoms with Crippen LogP contribution in [-0.2, 0) is 33.4 Å². The number of carboxylic acids is 1. The van der Waals surface area contributed by atoms with E-state index >= 15 is 0 Å². The minimum Gasteiger partial charge on any atom is -0.479 e. The van der Waals surface area contributed by atoms with Gasteiger partial charge in [-0.2, -0.15) is 0 Å². The Morgan fingerprint density at radius 2 is 1.39 bits per heavy atom. The number of Topliss-reactive ketones (excluding diaryl/α,β-unsaturated/α-hetero) is 1. The quantitative estimate of drug-likeness (QED) is 0.515. The van der Waals surface area contributed by atoms with Crippen LogP contribution in [0.25, 0.3) is 0 Å². The number of carboxylic acid groups (broad SMARTS) is 1. The summed E-state index contributed by atoms with van der Waals surface area (Å²) in [6.07, 6.45) is -4.84. The van der Waals surface area contributed by atoms with E-state index in [0.29, 0.717) is 0 Å². The lowest BCUT2D eigenvalue weighted by atomic mass is 10.2. The average Bonchev–Trinajstić information content (AvgIpc) is 2.46. The smallest absolute Gasteiger partial charge is 0.344 e. The monoisotopic (exact) mass is 334 g/mol. The first kappa shape index (κ1) is 21.0. The van der Waals surface area contributed by atoms with Gasteiger partial charge < -0.3 is 24.4 Å². The summed E-state index contributed by atoms with van der Waals surface area (Å²) in [4.78, 5) is 44.9. The second-order valence-electron chi connectivity index (χ2n) is 4.90. The van der Waals surface area contributed by atoms with Gasteiger partial charge in [-0.25, -0.2) is 14.4 Å². The SMILES string of the molecule is CC(O)C(=O)OC(C)C(=O)CCOC(C)C(=O)OC(C)C(=O)O. The molecule has 4 atom stereocenters. The van der Waals surface area contributed by atoms with Crippen molar-refractivity contribution in [1.82, 2.24) is 0 Å². The Hall–Kier alpha value is -2.00. The van der Waals surface area contributed by atoms with Crippen LogP contribution in [0.5, 0.6) is 0 Å². The Balaban J connectivity index is 4.13. The molecular weight excluding hydrogens is 312 g/mol. The summed E-state index contributed by atoms with van der Waals surface area (Å²) in [5.74, 6) is -3.50. The highest BCUT2D eigenvalue weighted by atomic mass is 16.6. The second-order valence-corrected chi connectivity index (χ2v) is 4.90. The molecule has 9 nitrogen and oxygen atoms in total. The molecule has 23 heavy (non-hydrogen) atoms. The van der Waals surface area contributed by atoms with Gasteiger partial charge >= 0.3 is 17.9 Å². The molecule has 0 spiro atoms. The number of hydrogen-bond acceptors (Lipinski definition) is 8. The number of esters is 2. The zero-order valence-corrected chi connectivity index (χ0v) is 13.5. The molecule has 0 aliphatic heterocycles. The predicted octanol–water partition coefficient (Wildman–Crippen LogP) is -0.320. The Bertz CT molecular complexity index is 444. The van der Waals surface area contributed by atoms with Crippen molar-refractivity contribution in [2.75, 3.05) is 6.61 Å². The van der Waals surface area contributed by atoms with Gasteiger partial charge in [0.2, 0.25) is 0 Å². The summed E-state index contributed by atoms with van der Waals surface area (Å²) in [5, 5.41) is 17.6. The summed E-state index contributed by atoms with van der Waals surface area (Å²) in [6, 6.07) is 0. The number of rotatable bonds is 10. The van der Waals surface area contributed by atoms with Gasteiger partial charge in [-0.3, -0.25) is 4.79 Å². The molecule has 0 saturated heterocycles. The lowest BCUT2D eigenvalue weighted by Gasteiger charge is -2.16. The first-order chi connectivity index (χ1) is 10.6. The van der Waals surface area contributed by atoms with Gasteiger partial charge in [0, 0.05) is 6.42 Å². The normalized spacial score (nSPS) is 15.9. The van der Waals surface area contributed by atoms with Crippen molar-refractivity contribution in [3.8, 4) is 0 Å². The minimum absolute atomic E-state index is 0.125. The van der Waals surface area contributed by atoms with Gasteiger partial charge in [0.25, 0.3) is 0 Å². The van der Waals surface area contributed by atoms with Crippen molar-refractivity contribution < 1.29 is 43.6 Å². The van der Waals surface area contributed by atoms with Crippen LogP contribution >= 0.6 is 0 Å². The maximum absolute atomic E-state index is 11.7. The van der Waals surface area contributed by atoms with Gasteiger partial charge in [-0.1, -0.05) is 0 Å². The zero-order chi connectivity index (χ0) is 18.2. The Kier molecular flexibility index (Phi) is 9.04. The number of ketones is 1. The van der Waals surface area contributed by atoms with E-state index < -0.39 is 48.1 Å². The van der Waals surface area contributed by atoms with Gasteiger partial charge in [-0.15, -0.1) is 0 Å². The number of ether oxygens (including phenoxy) is 3. The summed E-state index contributed by atoms with van der Waals surface area (Å²) in [7, 11) is 0. The maximum atomic E-state index is 11.7. The van der Waals surface area contributed by atoms with E-state index in [1.54, 1.807) is 0 Å². The number of carbonyl (C=O) groups is 4. The Morgan fingerprint density at radius 1 is 0.870 bits per heavy atom. The number of carbonyl (C=O) groups excluding carboxylic acids is 3. The first-order valence-corrected chi connectivity index (χ1v) is 7.02. The van der Waals surface area contributed by atoms with Gasteiger partial charge in [0.15, 0.2) is 24.1 Å². The summed E-state index contributed by atoms with van der Waals surface area (Å²) in [6.45, 7) is 5.00. The van der Waals surface area contributed by atoms with Crippen LogP contribution in [0.3, 0.4) is 0 Å². The predicted molar refractivity (Wildman–Crippen MR) is 75.5 cm³/mol. The molecule has 0 bridgehead atoms. The van der Waals surface area contributed by atoms with E-state index in [9.17, 15) is 19.2 Å². The van der Waals surface area contributed by atoms with Crippen LogP contribution in [0, 0.1) is 0 Å². The third kappa shape index (κ3) is 8.27. The fraction of sp³-hybridized carbons (Fsp3) is 0.714. The van der Waals surface area contributed by atoms with Crippen molar-refractivity contribution in [3.05, 3.63) is 0 Å². The van der Waals surface area contributed by atoms with Gasteiger partial charge in [-0.05, 0) is 27.7 Å². The van der Waals surface area contributed by atoms with E-state index in [1.165, 1.54) is 27.7 Å². The summed E-state index contributed by atoms with van der Waals surface area (Å²) < 4.78 is 14.4. The van der Waals surface area contributed by atoms with E-state index in [-0.39, 0.29) is 13.0 Å². The molecule has 9 heteroatoms. The standard InChI is InChI=1S/C14H22O9/c1-7(15)13(19)22-8(2)11(16)5-6-21-10(4)14(20)23-9(3)12(17)18/h7-10,15H,5-6H2,1-4H3,(H,17,18). The van der Waals surface area contributed by atoms with Gasteiger partial charge in [0.05, 0.1) is 6.61 Å². The Morgan fingerprint density at radius 3 is 1.87 bits per heavy atom. The maximum Gasteiger partial charge on any atom is 0.344 e. The topological polar surface area (TPSA) is 136 Å². The molecule has 0 aromatic rings. The molecule has 0 fully saturated rings. The zero-order valence-electron chi connectivity index (χ0n) is 13.5. The van der Waals surface area contributed by atoms with Crippen LogP contribution in [0.2, 0.25) is 0 Å². The largest absolute Gasteiger partial charge is 0.479 e. The summed E-state index contributed by atoms with van der Waals surface area (Å²) in [5.41, 5.74) is 0. The van der Waals surface area contributed by atoms with Crippen LogP contribution in [0.4, 0.5) is 0 Å². The third-order valence-electron chi connectivity index (χ3n) is 2.78. The Labute approximate surface area is 133 Å². The number of aliphatic hydroxyl groups is 1. The molecule has 0 amide bonds. The highest BCUT2D eigenvalue weighted by Crippen LogP contribution is 2.04. The lowest BCUT2D eigenvalue weighted by molar-refractivity contribution is -0.170. The van der Waals surface area contributed by atoms with Crippen LogP contribution in [0.1, 0.15) is 34.1 Å². The number of hydrogen-bond donors (Lipinski definition) is 2. The van der Waals surface area contributed by atoms with Crippen LogP contribution < -0.4 is 0 Å². The number of aliphatic carboxylic acids is 1. The van der Waals surface area contributed by atoms with Crippen molar-refractivity contribution >= 4 is 23.7 Å². The first-order valence-electron chi connectivity index (χ1n) is 7.02. The molecule has 0 radical (unpaired) electrons. The van der Waals surface area contributed by atoms with Crippen LogP contribution in [0.15, 0.2) is 0 Å². The van der Waals surface area contributed by atoms with E-state index in [1.807, 2.05) is 0 Å². The molecule has 132 valence electrons. The van der Waals surface area contributed by atoms with Crippen molar-refractivity contribution in [1.29, 1.82) is 0 Å². The molecule has 4 unspecified atom stereocenters. The third-order valence-corrected chi connectivity index (χ3v) is 2.78. The van der Waals surface area contributed by atoms with Crippen LogP contribution in [-0.4, -0.2) is 64.9 Å². The molecule has 0 aromatic heterocycles. The molecule has 0 saturated carbocycles.